The Kier molecular flexibility index (Phi) is 6.19. The highest BCUT2D eigenvalue weighted by Crippen LogP contribution is 2.21. The van der Waals surface area contributed by atoms with Gasteiger partial charge in [-0.1, -0.05) is 39.7 Å². The van der Waals surface area contributed by atoms with Crippen LogP contribution in [-0.2, 0) is 4.79 Å². The quantitative estimate of drug-likeness (QED) is 0.605. The van der Waals surface area contributed by atoms with Crippen LogP contribution in [0.15, 0.2) is 52.0 Å². The van der Waals surface area contributed by atoms with Gasteiger partial charge in [-0.25, -0.2) is 5.43 Å². The summed E-state index contributed by atoms with van der Waals surface area (Å²) in [6, 6.07) is 12.8. The molecule has 0 saturated carbocycles. The molecule has 4 nitrogen and oxygen atoms in total. The number of aryl methyl sites for hydroxylation is 1. The number of hydrogen-bond acceptors (Lipinski definition) is 3. The van der Waals surface area contributed by atoms with Crippen LogP contribution in [0.5, 0.6) is 5.75 Å². The van der Waals surface area contributed by atoms with Crippen LogP contribution in [0.2, 0.25) is 5.02 Å². The van der Waals surface area contributed by atoms with E-state index >= 15 is 0 Å². The van der Waals surface area contributed by atoms with E-state index < -0.39 is 6.10 Å². The molecule has 0 aliphatic carbocycles. The fourth-order valence-electron chi connectivity index (χ4n) is 1.80. The van der Waals surface area contributed by atoms with E-state index in [0.717, 1.165) is 15.6 Å². The number of ether oxygens (including phenoxy) is 1. The molecule has 0 aliphatic rings. The number of carbonyl (C=O) groups excluding carboxylic acids is 1. The van der Waals surface area contributed by atoms with Gasteiger partial charge in [0.2, 0.25) is 0 Å². The molecule has 23 heavy (non-hydrogen) atoms. The van der Waals surface area contributed by atoms with Gasteiger partial charge in [0.05, 0.1) is 6.21 Å². The van der Waals surface area contributed by atoms with E-state index in [1.165, 1.54) is 0 Å². The van der Waals surface area contributed by atoms with E-state index in [0.29, 0.717) is 10.8 Å². The molecule has 0 fully saturated rings. The highest BCUT2D eigenvalue weighted by atomic mass is 79.9. The van der Waals surface area contributed by atoms with Crippen LogP contribution < -0.4 is 10.2 Å². The fraction of sp³-hybridized carbons (Fsp3) is 0.176. The van der Waals surface area contributed by atoms with E-state index in [2.05, 4.69) is 26.5 Å². The van der Waals surface area contributed by atoms with Crippen molar-refractivity contribution in [3.63, 3.8) is 0 Å². The summed E-state index contributed by atoms with van der Waals surface area (Å²) >= 11 is 9.34. The van der Waals surface area contributed by atoms with Crippen molar-refractivity contribution >= 4 is 39.7 Å². The first-order chi connectivity index (χ1) is 11.0. The van der Waals surface area contributed by atoms with Crippen molar-refractivity contribution < 1.29 is 9.53 Å². The minimum Gasteiger partial charge on any atom is -0.481 e. The summed E-state index contributed by atoms with van der Waals surface area (Å²) in [5, 5.41) is 4.59. The molecule has 0 unspecified atom stereocenters. The lowest BCUT2D eigenvalue weighted by atomic mass is 10.2. The first-order valence-corrected chi connectivity index (χ1v) is 8.14. The third kappa shape index (κ3) is 5.37. The molecular weight excluding hydrogens is 380 g/mol. The van der Waals surface area contributed by atoms with Gasteiger partial charge in [0.1, 0.15) is 5.75 Å². The zero-order valence-electron chi connectivity index (χ0n) is 12.7. The Bertz CT molecular complexity index is 734. The molecule has 1 amide bonds. The Morgan fingerprint density at radius 1 is 1.35 bits per heavy atom. The number of carbonyl (C=O) groups is 1. The molecule has 1 atom stereocenters. The predicted octanol–water partition coefficient (Wildman–Crippen LogP) is 4.33. The molecule has 0 heterocycles. The first-order valence-electron chi connectivity index (χ1n) is 6.97. The summed E-state index contributed by atoms with van der Waals surface area (Å²) in [6.45, 7) is 3.54. The standard InChI is InChI=1S/C17H16BrClN2O2/c1-11-8-15(6-7-16(11)19)23-12(2)17(22)21-20-10-13-4-3-5-14(18)9-13/h3-10,12H,1-2H3,(H,21,22)/b20-10-/t12-/m1/s1. The van der Waals surface area contributed by atoms with Crippen molar-refractivity contribution in [3.05, 3.63) is 63.1 Å². The summed E-state index contributed by atoms with van der Waals surface area (Å²) in [4.78, 5) is 12.0. The molecule has 0 spiro atoms. The van der Waals surface area contributed by atoms with Crippen molar-refractivity contribution in [2.75, 3.05) is 0 Å². The van der Waals surface area contributed by atoms with Gasteiger partial charge in [-0.15, -0.1) is 0 Å². The summed E-state index contributed by atoms with van der Waals surface area (Å²) in [7, 11) is 0. The van der Waals surface area contributed by atoms with Crippen molar-refractivity contribution in [3.8, 4) is 5.75 Å². The van der Waals surface area contributed by atoms with E-state index in [-0.39, 0.29) is 5.91 Å². The number of amides is 1. The number of nitrogens with zero attached hydrogens (tertiary/aromatic N) is 1. The lowest BCUT2D eigenvalue weighted by molar-refractivity contribution is -0.127. The fourth-order valence-corrected chi connectivity index (χ4v) is 2.33. The van der Waals surface area contributed by atoms with Crippen LogP contribution in [0.25, 0.3) is 0 Å². The van der Waals surface area contributed by atoms with E-state index in [1.54, 1.807) is 31.3 Å². The first kappa shape index (κ1) is 17.5. The number of nitrogens with one attached hydrogen (secondary N) is 1. The van der Waals surface area contributed by atoms with E-state index in [9.17, 15) is 4.79 Å². The summed E-state index contributed by atoms with van der Waals surface area (Å²) < 4.78 is 6.53. The molecule has 2 aromatic rings. The maximum atomic E-state index is 12.0. The van der Waals surface area contributed by atoms with Crippen LogP contribution in [0.3, 0.4) is 0 Å². The minimum absolute atomic E-state index is 0.330. The maximum Gasteiger partial charge on any atom is 0.280 e. The van der Waals surface area contributed by atoms with Crippen LogP contribution >= 0.6 is 27.5 Å². The third-order valence-electron chi connectivity index (χ3n) is 3.05. The van der Waals surface area contributed by atoms with Crippen molar-refractivity contribution in [2.45, 2.75) is 20.0 Å². The maximum absolute atomic E-state index is 12.0. The average molecular weight is 396 g/mol. The molecule has 6 heteroatoms. The normalized spacial score (nSPS) is 12.2. The van der Waals surface area contributed by atoms with Gasteiger partial charge in [-0.05, 0) is 55.3 Å². The van der Waals surface area contributed by atoms with Gasteiger partial charge >= 0.3 is 0 Å². The van der Waals surface area contributed by atoms with Crippen LogP contribution in [0, 0.1) is 6.92 Å². The van der Waals surface area contributed by atoms with Crippen molar-refractivity contribution in [1.82, 2.24) is 5.43 Å². The van der Waals surface area contributed by atoms with Gasteiger partial charge in [-0.3, -0.25) is 4.79 Å². The average Bonchev–Trinajstić information content (AvgIpc) is 2.51. The summed E-state index contributed by atoms with van der Waals surface area (Å²) in [6.07, 6.45) is 0.900. The Morgan fingerprint density at radius 2 is 2.13 bits per heavy atom. The van der Waals surface area contributed by atoms with Crippen LogP contribution in [0.1, 0.15) is 18.1 Å². The molecule has 0 saturated heterocycles. The minimum atomic E-state index is -0.671. The van der Waals surface area contributed by atoms with Gasteiger partial charge in [0.15, 0.2) is 6.10 Å². The second-order valence-corrected chi connectivity index (χ2v) is 6.28. The number of hydrazone groups is 1. The van der Waals surface area contributed by atoms with Crippen LogP contribution in [0.4, 0.5) is 0 Å². The third-order valence-corrected chi connectivity index (χ3v) is 3.97. The highest BCUT2D eigenvalue weighted by Gasteiger charge is 2.14. The number of halogens is 2. The Morgan fingerprint density at radius 3 is 2.83 bits per heavy atom. The largest absolute Gasteiger partial charge is 0.481 e. The Balaban J connectivity index is 1.90. The highest BCUT2D eigenvalue weighted by molar-refractivity contribution is 9.10. The molecule has 0 aromatic heterocycles. The Hall–Kier alpha value is -1.85. The topological polar surface area (TPSA) is 50.7 Å². The molecule has 0 bridgehead atoms. The summed E-state index contributed by atoms with van der Waals surface area (Å²) in [5.74, 6) is 0.259. The van der Waals surface area contributed by atoms with E-state index in [4.69, 9.17) is 16.3 Å². The second-order valence-electron chi connectivity index (χ2n) is 4.96. The molecular formula is C17H16BrClN2O2. The summed E-state index contributed by atoms with van der Waals surface area (Å²) in [5.41, 5.74) is 4.23. The monoisotopic (exact) mass is 394 g/mol. The van der Waals surface area contributed by atoms with Gasteiger partial charge in [-0.2, -0.15) is 5.10 Å². The van der Waals surface area contributed by atoms with Crippen molar-refractivity contribution in [2.24, 2.45) is 5.10 Å². The molecule has 2 aromatic carbocycles. The molecule has 0 radical (unpaired) electrons. The zero-order chi connectivity index (χ0) is 16.8. The number of benzene rings is 2. The lowest BCUT2D eigenvalue weighted by Gasteiger charge is -2.13. The zero-order valence-corrected chi connectivity index (χ0v) is 15.1. The van der Waals surface area contributed by atoms with Gasteiger partial charge in [0.25, 0.3) is 5.91 Å². The smallest absolute Gasteiger partial charge is 0.280 e. The molecule has 0 aliphatic heterocycles. The molecule has 1 N–H and O–H groups in total. The molecule has 2 rings (SSSR count). The Labute approximate surface area is 148 Å². The predicted molar refractivity (Wildman–Crippen MR) is 96.2 cm³/mol. The van der Waals surface area contributed by atoms with Gasteiger partial charge in [0, 0.05) is 9.50 Å². The van der Waals surface area contributed by atoms with E-state index in [1.807, 2.05) is 31.2 Å². The molecule has 120 valence electrons. The lowest BCUT2D eigenvalue weighted by Crippen LogP contribution is -2.33. The van der Waals surface area contributed by atoms with Crippen molar-refractivity contribution in [1.29, 1.82) is 0 Å². The second kappa shape index (κ2) is 8.13. The van der Waals surface area contributed by atoms with Crippen LogP contribution in [-0.4, -0.2) is 18.2 Å². The number of rotatable bonds is 5. The van der Waals surface area contributed by atoms with Gasteiger partial charge < -0.3 is 4.74 Å². The number of hydrogen-bond donors (Lipinski definition) is 1. The SMILES string of the molecule is Cc1cc(O[C@H](C)C(=O)N/N=C\c2cccc(Br)c2)ccc1Cl.